The summed E-state index contributed by atoms with van der Waals surface area (Å²) in [5.41, 5.74) is 1.85. The van der Waals surface area contributed by atoms with Crippen molar-refractivity contribution in [3.8, 4) is 5.75 Å². The third kappa shape index (κ3) is 3.38. The molecule has 0 fully saturated rings. The van der Waals surface area contributed by atoms with Crippen LogP contribution in [0.15, 0.2) is 46.9 Å². The Morgan fingerprint density at radius 1 is 1.25 bits per heavy atom. The highest BCUT2D eigenvalue weighted by atomic mass is 79.9. The number of ether oxygens (including phenoxy) is 1. The Balaban J connectivity index is 2.48. The first-order valence-corrected chi connectivity index (χ1v) is 7.30. The van der Waals surface area contributed by atoms with Crippen molar-refractivity contribution in [3.63, 3.8) is 0 Å². The average Bonchev–Trinajstić information content (AvgIpc) is 2.43. The van der Waals surface area contributed by atoms with Crippen molar-refractivity contribution >= 4 is 15.9 Å². The Kier molecular flexibility index (Phi) is 5.15. The van der Waals surface area contributed by atoms with Crippen LogP contribution in [0.2, 0.25) is 0 Å². The van der Waals surface area contributed by atoms with Gasteiger partial charge >= 0.3 is 0 Å². The summed E-state index contributed by atoms with van der Waals surface area (Å²) >= 11 is 3.47. The summed E-state index contributed by atoms with van der Waals surface area (Å²) < 4.78 is 20.1. The molecule has 1 atom stereocenters. The van der Waals surface area contributed by atoms with Crippen LogP contribution in [0.5, 0.6) is 5.75 Å². The summed E-state index contributed by atoms with van der Waals surface area (Å²) in [6.07, 6.45) is 0. The molecule has 4 heteroatoms. The predicted octanol–water partition coefficient (Wildman–Crippen LogP) is 4.30. The van der Waals surface area contributed by atoms with Gasteiger partial charge in [0.05, 0.1) is 12.6 Å². The summed E-state index contributed by atoms with van der Waals surface area (Å²) in [4.78, 5) is 0. The van der Waals surface area contributed by atoms with E-state index in [1.165, 1.54) is 12.1 Å². The molecule has 0 aliphatic heterocycles. The van der Waals surface area contributed by atoms with Gasteiger partial charge in [0.2, 0.25) is 0 Å². The molecule has 0 saturated carbocycles. The largest absolute Gasteiger partial charge is 0.494 e. The zero-order valence-corrected chi connectivity index (χ0v) is 13.1. The number of hydrogen-bond acceptors (Lipinski definition) is 2. The van der Waals surface area contributed by atoms with Gasteiger partial charge in [-0.05, 0) is 49.9 Å². The third-order valence-electron chi connectivity index (χ3n) is 3.05. The van der Waals surface area contributed by atoms with Crippen LogP contribution in [0, 0.1) is 5.82 Å². The van der Waals surface area contributed by atoms with Gasteiger partial charge in [-0.3, -0.25) is 0 Å². The Morgan fingerprint density at radius 3 is 2.70 bits per heavy atom. The molecule has 0 aliphatic carbocycles. The molecule has 2 nitrogen and oxygen atoms in total. The van der Waals surface area contributed by atoms with E-state index in [9.17, 15) is 4.39 Å². The first-order chi connectivity index (χ1) is 9.65. The quantitative estimate of drug-likeness (QED) is 0.878. The zero-order valence-electron chi connectivity index (χ0n) is 11.5. The normalized spacial score (nSPS) is 12.2. The highest BCUT2D eigenvalue weighted by Gasteiger charge is 2.17. The van der Waals surface area contributed by atoms with Gasteiger partial charge in [0.15, 0.2) is 0 Å². The van der Waals surface area contributed by atoms with Crippen LogP contribution in [0.4, 0.5) is 4.39 Å². The summed E-state index contributed by atoms with van der Waals surface area (Å²) in [6.45, 7) is 2.54. The highest BCUT2D eigenvalue weighted by molar-refractivity contribution is 9.10. The molecule has 1 N–H and O–H groups in total. The highest BCUT2D eigenvalue weighted by Crippen LogP contribution is 2.32. The van der Waals surface area contributed by atoms with Crippen molar-refractivity contribution in [2.24, 2.45) is 0 Å². The maximum Gasteiger partial charge on any atom is 0.124 e. The summed E-state index contributed by atoms with van der Waals surface area (Å²) in [5, 5.41) is 3.22. The molecule has 0 radical (unpaired) electrons. The molecule has 0 aliphatic rings. The zero-order chi connectivity index (χ0) is 14.5. The Bertz CT molecular complexity index is 588. The van der Waals surface area contributed by atoms with Crippen LogP contribution >= 0.6 is 15.9 Å². The molecule has 0 aromatic heterocycles. The predicted molar refractivity (Wildman–Crippen MR) is 82.6 cm³/mol. The second-order valence-electron chi connectivity index (χ2n) is 4.39. The molecule has 0 saturated heterocycles. The van der Waals surface area contributed by atoms with Gasteiger partial charge in [-0.15, -0.1) is 0 Å². The van der Waals surface area contributed by atoms with Gasteiger partial charge in [-0.1, -0.05) is 28.1 Å². The number of nitrogens with one attached hydrogen (secondary N) is 1. The lowest BCUT2D eigenvalue weighted by Gasteiger charge is -2.21. The van der Waals surface area contributed by atoms with Crippen LogP contribution in [-0.2, 0) is 0 Å². The summed E-state index contributed by atoms with van der Waals surface area (Å²) in [6, 6.07) is 12.3. The lowest BCUT2D eigenvalue weighted by molar-refractivity contribution is 0.334. The van der Waals surface area contributed by atoms with E-state index in [-0.39, 0.29) is 11.9 Å². The first kappa shape index (κ1) is 15.0. The SMILES string of the molecule is CCOc1ccc(Br)cc1C(NC)c1cccc(F)c1. The second-order valence-corrected chi connectivity index (χ2v) is 5.31. The van der Waals surface area contributed by atoms with Crippen LogP contribution in [0.1, 0.15) is 24.1 Å². The van der Waals surface area contributed by atoms with Gasteiger partial charge in [-0.2, -0.15) is 0 Å². The molecule has 1 unspecified atom stereocenters. The fourth-order valence-electron chi connectivity index (χ4n) is 2.22. The second kappa shape index (κ2) is 6.86. The molecule has 0 bridgehead atoms. The van der Waals surface area contributed by atoms with Crippen molar-refractivity contribution in [1.29, 1.82) is 0 Å². The van der Waals surface area contributed by atoms with Gasteiger partial charge in [0.25, 0.3) is 0 Å². The monoisotopic (exact) mass is 337 g/mol. The van der Waals surface area contributed by atoms with E-state index in [1.807, 2.05) is 38.2 Å². The number of hydrogen-bond donors (Lipinski definition) is 1. The molecule has 2 aromatic rings. The van der Waals surface area contributed by atoms with Gasteiger partial charge in [0.1, 0.15) is 11.6 Å². The van der Waals surface area contributed by atoms with Gasteiger partial charge < -0.3 is 10.1 Å². The Morgan fingerprint density at radius 2 is 2.05 bits per heavy atom. The standard InChI is InChI=1S/C16H17BrFNO/c1-3-20-15-8-7-12(17)10-14(15)16(19-2)11-5-4-6-13(18)9-11/h4-10,16,19H,3H2,1-2H3. The van der Waals surface area contributed by atoms with E-state index in [4.69, 9.17) is 4.74 Å². The molecule has 0 amide bonds. The van der Waals surface area contributed by atoms with E-state index < -0.39 is 0 Å². The molecule has 2 rings (SSSR count). The lowest BCUT2D eigenvalue weighted by Crippen LogP contribution is -2.19. The number of benzene rings is 2. The van der Waals surface area contributed by atoms with E-state index in [0.717, 1.165) is 21.3 Å². The van der Waals surface area contributed by atoms with Crippen LogP contribution in [0.3, 0.4) is 0 Å². The minimum absolute atomic E-state index is 0.121. The number of halogens is 2. The Hall–Kier alpha value is -1.39. The first-order valence-electron chi connectivity index (χ1n) is 6.50. The molecule has 0 heterocycles. The third-order valence-corrected chi connectivity index (χ3v) is 3.55. The van der Waals surface area contributed by atoms with E-state index in [0.29, 0.717) is 6.61 Å². The van der Waals surface area contributed by atoms with Crippen LogP contribution in [0.25, 0.3) is 0 Å². The van der Waals surface area contributed by atoms with Crippen molar-refractivity contribution < 1.29 is 9.13 Å². The number of rotatable bonds is 5. The molecule has 0 spiro atoms. The molecule has 2 aromatic carbocycles. The smallest absolute Gasteiger partial charge is 0.124 e. The maximum atomic E-state index is 13.4. The fourth-order valence-corrected chi connectivity index (χ4v) is 2.60. The van der Waals surface area contributed by atoms with Crippen LogP contribution in [-0.4, -0.2) is 13.7 Å². The topological polar surface area (TPSA) is 21.3 Å². The fraction of sp³-hybridized carbons (Fsp3) is 0.250. The van der Waals surface area contributed by atoms with Gasteiger partial charge in [-0.25, -0.2) is 4.39 Å². The van der Waals surface area contributed by atoms with Crippen molar-refractivity contribution in [3.05, 3.63) is 63.9 Å². The molecule has 106 valence electrons. The van der Waals surface area contributed by atoms with Crippen molar-refractivity contribution in [2.75, 3.05) is 13.7 Å². The minimum Gasteiger partial charge on any atom is -0.494 e. The van der Waals surface area contributed by atoms with E-state index in [2.05, 4.69) is 21.2 Å². The molecular weight excluding hydrogens is 321 g/mol. The molecule has 20 heavy (non-hydrogen) atoms. The Labute approximate surface area is 127 Å². The van der Waals surface area contributed by atoms with Crippen molar-refractivity contribution in [2.45, 2.75) is 13.0 Å². The van der Waals surface area contributed by atoms with E-state index >= 15 is 0 Å². The lowest BCUT2D eigenvalue weighted by atomic mass is 9.98. The molecular formula is C16H17BrFNO. The average molecular weight is 338 g/mol. The van der Waals surface area contributed by atoms with Gasteiger partial charge in [0, 0.05) is 10.0 Å². The summed E-state index contributed by atoms with van der Waals surface area (Å²) in [7, 11) is 1.85. The van der Waals surface area contributed by atoms with E-state index in [1.54, 1.807) is 6.07 Å². The maximum absolute atomic E-state index is 13.4. The van der Waals surface area contributed by atoms with Crippen LogP contribution < -0.4 is 10.1 Å². The summed E-state index contributed by atoms with van der Waals surface area (Å²) in [5.74, 6) is 0.565. The van der Waals surface area contributed by atoms with Crippen molar-refractivity contribution in [1.82, 2.24) is 5.32 Å². The minimum atomic E-state index is -0.240.